The first kappa shape index (κ1) is 9.57. The lowest BCUT2D eigenvalue weighted by Gasteiger charge is -2.40. The van der Waals surface area contributed by atoms with Gasteiger partial charge in [-0.3, -0.25) is 0 Å². The molecular formula is C13H19N. The number of hydrogen-bond donors (Lipinski definition) is 0. The molecule has 1 heterocycles. The van der Waals surface area contributed by atoms with Gasteiger partial charge in [-0.05, 0) is 33.1 Å². The minimum absolute atomic E-state index is 0.156. The molecule has 0 aromatic carbocycles. The fourth-order valence-electron chi connectivity index (χ4n) is 2.73. The van der Waals surface area contributed by atoms with E-state index in [1.807, 2.05) is 0 Å². The van der Waals surface area contributed by atoms with Crippen LogP contribution in [0.5, 0.6) is 0 Å². The molecule has 0 aromatic heterocycles. The molecule has 0 unspecified atom stereocenters. The third-order valence-electron chi connectivity index (χ3n) is 3.20. The van der Waals surface area contributed by atoms with Gasteiger partial charge in [-0.25, -0.2) is 0 Å². The Hall–Kier alpha value is -0.980. The minimum atomic E-state index is 0.156. The van der Waals surface area contributed by atoms with Crippen molar-refractivity contribution in [1.29, 1.82) is 0 Å². The molecule has 1 saturated heterocycles. The van der Waals surface area contributed by atoms with E-state index in [2.05, 4.69) is 49.6 Å². The molecule has 0 bridgehead atoms. The second kappa shape index (κ2) is 3.30. The van der Waals surface area contributed by atoms with Gasteiger partial charge < -0.3 is 4.90 Å². The maximum Gasteiger partial charge on any atom is 0.0771 e. The highest BCUT2D eigenvalue weighted by atomic mass is 15.2. The van der Waals surface area contributed by atoms with Crippen LogP contribution in [0.1, 0.15) is 33.1 Å². The van der Waals surface area contributed by atoms with Gasteiger partial charge in [0.1, 0.15) is 0 Å². The van der Waals surface area contributed by atoms with Gasteiger partial charge in [0.2, 0.25) is 0 Å². The van der Waals surface area contributed by atoms with Crippen molar-refractivity contribution in [2.45, 2.75) is 44.7 Å². The number of nitrogens with zero attached hydrogens (tertiary/aromatic N) is 1. The largest absolute Gasteiger partial charge is 0.360 e. The van der Waals surface area contributed by atoms with Crippen LogP contribution in [0.4, 0.5) is 0 Å². The summed E-state index contributed by atoms with van der Waals surface area (Å²) in [5.41, 5.74) is 1.44. The molecule has 0 saturated carbocycles. The molecule has 14 heavy (non-hydrogen) atoms. The van der Waals surface area contributed by atoms with Crippen molar-refractivity contribution in [2.24, 2.45) is 0 Å². The molecule has 0 aromatic rings. The van der Waals surface area contributed by atoms with Crippen molar-refractivity contribution in [3.63, 3.8) is 0 Å². The molecule has 0 radical (unpaired) electrons. The maximum atomic E-state index is 4.16. The summed E-state index contributed by atoms with van der Waals surface area (Å²) in [5, 5.41) is 0. The second-order valence-electron chi connectivity index (χ2n) is 4.56. The molecule has 2 rings (SSSR count). The molecule has 0 N–H and O–H groups in total. The molecule has 1 spiro atoms. The third-order valence-corrected chi connectivity index (χ3v) is 3.20. The van der Waals surface area contributed by atoms with Crippen molar-refractivity contribution in [1.82, 2.24) is 4.90 Å². The van der Waals surface area contributed by atoms with E-state index in [-0.39, 0.29) is 5.54 Å². The van der Waals surface area contributed by atoms with Crippen LogP contribution in [0.2, 0.25) is 0 Å². The summed E-state index contributed by atoms with van der Waals surface area (Å²) in [6.45, 7) is 8.65. The zero-order valence-corrected chi connectivity index (χ0v) is 9.16. The van der Waals surface area contributed by atoms with Gasteiger partial charge in [-0.15, -0.1) is 0 Å². The van der Waals surface area contributed by atoms with Crippen LogP contribution >= 0.6 is 0 Å². The first-order valence-corrected chi connectivity index (χ1v) is 5.48. The number of allylic oxidation sites excluding steroid dienone is 3. The average Bonchev–Trinajstić information content (AvgIpc) is 2.45. The Morgan fingerprint density at radius 1 is 1.36 bits per heavy atom. The topological polar surface area (TPSA) is 3.24 Å². The van der Waals surface area contributed by atoms with Crippen LogP contribution in [0.15, 0.2) is 36.6 Å². The van der Waals surface area contributed by atoms with Gasteiger partial charge in [0.05, 0.1) is 5.54 Å². The Labute approximate surface area is 86.8 Å². The Bertz CT molecular complexity index is 284. The van der Waals surface area contributed by atoms with E-state index in [0.29, 0.717) is 6.04 Å². The summed E-state index contributed by atoms with van der Waals surface area (Å²) >= 11 is 0. The van der Waals surface area contributed by atoms with Crippen LogP contribution in [-0.4, -0.2) is 16.5 Å². The molecular weight excluding hydrogens is 170 g/mol. The van der Waals surface area contributed by atoms with Crippen LogP contribution in [0, 0.1) is 0 Å². The predicted molar refractivity (Wildman–Crippen MR) is 61.0 cm³/mol. The Kier molecular flexibility index (Phi) is 2.26. The Morgan fingerprint density at radius 3 is 2.57 bits per heavy atom. The maximum absolute atomic E-state index is 4.16. The van der Waals surface area contributed by atoms with Crippen molar-refractivity contribution in [2.75, 3.05) is 0 Å². The van der Waals surface area contributed by atoms with Gasteiger partial charge in [-0.1, -0.05) is 30.9 Å². The number of likely N-dealkylation sites (tertiary alicyclic amines) is 1. The van der Waals surface area contributed by atoms with Crippen molar-refractivity contribution in [3.8, 4) is 0 Å². The van der Waals surface area contributed by atoms with Gasteiger partial charge in [0.15, 0.2) is 0 Å². The Balaban J connectivity index is 2.34. The lowest BCUT2D eigenvalue weighted by atomic mass is 9.90. The molecule has 2 aliphatic rings. The molecule has 1 nitrogen and oxygen atoms in total. The number of hydrogen-bond acceptors (Lipinski definition) is 1. The molecule has 1 heteroatoms. The minimum Gasteiger partial charge on any atom is -0.360 e. The quantitative estimate of drug-likeness (QED) is 0.572. The smallest absolute Gasteiger partial charge is 0.0771 e. The van der Waals surface area contributed by atoms with Crippen molar-refractivity contribution >= 4 is 0 Å². The zero-order valence-electron chi connectivity index (χ0n) is 9.16. The van der Waals surface area contributed by atoms with E-state index in [0.717, 1.165) is 12.8 Å². The first-order chi connectivity index (χ1) is 6.66. The predicted octanol–water partition coefficient (Wildman–Crippen LogP) is 3.26. The fourth-order valence-corrected chi connectivity index (χ4v) is 2.73. The highest BCUT2D eigenvalue weighted by Gasteiger charge is 2.39. The summed E-state index contributed by atoms with van der Waals surface area (Å²) < 4.78 is 0. The van der Waals surface area contributed by atoms with Crippen LogP contribution in [-0.2, 0) is 0 Å². The van der Waals surface area contributed by atoms with Crippen molar-refractivity contribution < 1.29 is 0 Å². The number of rotatable bonds is 1. The van der Waals surface area contributed by atoms with E-state index in [1.54, 1.807) is 0 Å². The zero-order chi connectivity index (χ0) is 10.2. The summed E-state index contributed by atoms with van der Waals surface area (Å²) in [7, 11) is 0. The van der Waals surface area contributed by atoms with E-state index >= 15 is 0 Å². The van der Waals surface area contributed by atoms with Crippen LogP contribution in [0.3, 0.4) is 0 Å². The summed E-state index contributed by atoms with van der Waals surface area (Å²) in [6, 6.07) is 0.539. The van der Waals surface area contributed by atoms with E-state index < -0.39 is 0 Å². The first-order valence-electron chi connectivity index (χ1n) is 5.48. The lowest BCUT2D eigenvalue weighted by Crippen LogP contribution is -2.44. The normalized spacial score (nSPS) is 24.2. The summed E-state index contributed by atoms with van der Waals surface area (Å²) in [6.07, 6.45) is 12.7. The molecule has 0 amide bonds. The standard InChI is InChI=1S/C13H19N/c1-11(2)14-12(3)7-10-13(14)8-5-4-6-9-13/h5-6,8-9,11H,3-4,7,10H2,1-2H3. The Morgan fingerprint density at radius 2 is 2.00 bits per heavy atom. The summed E-state index contributed by atoms with van der Waals surface area (Å²) in [4.78, 5) is 2.46. The van der Waals surface area contributed by atoms with Gasteiger partial charge in [0.25, 0.3) is 0 Å². The van der Waals surface area contributed by atoms with Crippen molar-refractivity contribution in [3.05, 3.63) is 36.6 Å². The van der Waals surface area contributed by atoms with Gasteiger partial charge >= 0.3 is 0 Å². The van der Waals surface area contributed by atoms with E-state index in [4.69, 9.17) is 0 Å². The lowest BCUT2D eigenvalue weighted by molar-refractivity contribution is 0.216. The van der Waals surface area contributed by atoms with Crippen LogP contribution < -0.4 is 0 Å². The molecule has 1 fully saturated rings. The van der Waals surface area contributed by atoms with Crippen LogP contribution in [0.25, 0.3) is 0 Å². The average molecular weight is 189 g/mol. The molecule has 1 aliphatic heterocycles. The highest BCUT2D eigenvalue weighted by molar-refractivity contribution is 5.31. The fraction of sp³-hybridized carbons (Fsp3) is 0.538. The molecule has 76 valence electrons. The van der Waals surface area contributed by atoms with E-state index in [9.17, 15) is 0 Å². The molecule has 0 atom stereocenters. The monoisotopic (exact) mass is 189 g/mol. The highest BCUT2D eigenvalue weighted by Crippen LogP contribution is 2.40. The van der Waals surface area contributed by atoms with Gasteiger partial charge in [0, 0.05) is 11.7 Å². The second-order valence-corrected chi connectivity index (χ2v) is 4.56. The molecule has 1 aliphatic carbocycles. The van der Waals surface area contributed by atoms with Gasteiger partial charge in [-0.2, -0.15) is 0 Å². The van der Waals surface area contributed by atoms with E-state index in [1.165, 1.54) is 12.1 Å². The summed E-state index contributed by atoms with van der Waals surface area (Å²) in [5.74, 6) is 0. The third kappa shape index (κ3) is 1.31. The SMILES string of the molecule is C=C1CCC2(C=CCC=C2)N1C(C)C.